The molecule has 1 aromatic carbocycles. The lowest BCUT2D eigenvalue weighted by atomic mass is 9.80. The number of nitrogens with zero attached hydrogens (tertiary/aromatic N) is 3. The fourth-order valence-corrected chi connectivity index (χ4v) is 8.73. The number of rotatable bonds is 9. The van der Waals surface area contributed by atoms with Crippen LogP contribution >= 0.6 is 12.4 Å². The molecule has 3 amide bonds. The van der Waals surface area contributed by atoms with Crippen LogP contribution in [0.4, 0.5) is 13.6 Å². The number of benzene rings is 1. The largest absolute Gasteiger partial charge is 0.380 e. The van der Waals surface area contributed by atoms with E-state index < -0.39 is 5.92 Å². The van der Waals surface area contributed by atoms with Gasteiger partial charge in [-0.05, 0) is 64.4 Å². The molecule has 43 heavy (non-hydrogen) atoms. The molecule has 2 unspecified atom stereocenters. The smallest absolute Gasteiger partial charge is 0.320 e. The fourth-order valence-electron chi connectivity index (χ4n) is 8.73. The van der Waals surface area contributed by atoms with Gasteiger partial charge in [-0.3, -0.25) is 9.69 Å². The summed E-state index contributed by atoms with van der Waals surface area (Å²) < 4.78 is 32.9. The molecule has 1 spiro atoms. The van der Waals surface area contributed by atoms with Gasteiger partial charge in [-0.15, -0.1) is 12.4 Å². The maximum Gasteiger partial charge on any atom is 0.320 e. The van der Waals surface area contributed by atoms with Crippen LogP contribution in [0.2, 0.25) is 0 Å². The zero-order valence-electron chi connectivity index (χ0n) is 25.9. The number of amides is 3. The minimum absolute atomic E-state index is 0. The molecule has 5 aliphatic rings. The van der Waals surface area contributed by atoms with Crippen molar-refractivity contribution >= 4 is 24.3 Å². The monoisotopic (exact) mass is 622 g/mol. The molecule has 0 radical (unpaired) electrons. The van der Waals surface area contributed by atoms with Gasteiger partial charge in [0, 0.05) is 61.9 Å². The van der Waals surface area contributed by atoms with Gasteiger partial charge in [0.15, 0.2) is 0 Å². The molecule has 1 aromatic rings. The third-order valence-electron chi connectivity index (χ3n) is 10.7. The van der Waals surface area contributed by atoms with Gasteiger partial charge in [-0.25, -0.2) is 13.6 Å². The summed E-state index contributed by atoms with van der Waals surface area (Å²) >= 11 is 0. The quantitative estimate of drug-likeness (QED) is 0.365. The zero-order chi connectivity index (χ0) is 29.7. The topological polar surface area (TPSA) is 65.1 Å². The van der Waals surface area contributed by atoms with Crippen molar-refractivity contribution < 1.29 is 23.1 Å². The first kappa shape index (κ1) is 32.4. The molecule has 4 saturated heterocycles. The number of alkyl halides is 2. The maximum absolute atomic E-state index is 13.7. The molecule has 4 heterocycles. The average molecular weight is 623 g/mol. The highest BCUT2D eigenvalue weighted by molar-refractivity contribution is 5.85. The van der Waals surface area contributed by atoms with Crippen molar-refractivity contribution in [1.29, 1.82) is 0 Å². The number of urea groups is 1. The summed E-state index contributed by atoms with van der Waals surface area (Å²) in [5.74, 6) is -3.08. The molecule has 240 valence electrons. The van der Waals surface area contributed by atoms with Gasteiger partial charge >= 0.3 is 6.03 Å². The van der Waals surface area contributed by atoms with Crippen molar-refractivity contribution in [2.24, 2.45) is 11.3 Å². The van der Waals surface area contributed by atoms with Crippen LogP contribution in [-0.4, -0.2) is 89.1 Å². The van der Waals surface area contributed by atoms with Crippen LogP contribution in [0.25, 0.3) is 0 Å². The highest BCUT2D eigenvalue weighted by Gasteiger charge is 2.58. The van der Waals surface area contributed by atoms with E-state index in [-0.39, 0.29) is 79.0 Å². The third kappa shape index (κ3) is 6.55. The number of nitrogens with one attached hydrogen (secondary N) is 1. The molecule has 10 heteroatoms. The van der Waals surface area contributed by atoms with Crippen molar-refractivity contribution in [3.8, 4) is 0 Å². The van der Waals surface area contributed by atoms with Crippen molar-refractivity contribution in [3.05, 3.63) is 35.9 Å². The normalized spacial score (nSPS) is 30.8. The highest BCUT2D eigenvalue weighted by Crippen LogP contribution is 2.48. The van der Waals surface area contributed by atoms with E-state index in [0.29, 0.717) is 12.1 Å². The Morgan fingerprint density at radius 1 is 1.05 bits per heavy atom. The molecule has 1 saturated carbocycles. The molecule has 7 nitrogen and oxygen atoms in total. The number of halogens is 3. The third-order valence-corrected chi connectivity index (χ3v) is 10.7. The summed E-state index contributed by atoms with van der Waals surface area (Å²) in [7, 11) is 0. The Kier molecular flexibility index (Phi) is 9.38. The van der Waals surface area contributed by atoms with E-state index in [0.717, 1.165) is 70.5 Å². The Labute approximate surface area is 261 Å². The minimum Gasteiger partial charge on any atom is -0.380 e. The molecular weight excluding hydrogens is 574 g/mol. The number of ether oxygens (including phenoxy) is 1. The maximum atomic E-state index is 13.7. The van der Waals surface area contributed by atoms with Crippen LogP contribution in [0.3, 0.4) is 0 Å². The number of hydrogen-bond donors (Lipinski definition) is 1. The number of hydrogen-bond acceptors (Lipinski definition) is 4. The lowest BCUT2D eigenvalue weighted by Crippen LogP contribution is -2.60. The minimum atomic E-state index is -2.64. The van der Waals surface area contributed by atoms with Gasteiger partial charge < -0.3 is 19.9 Å². The second-order valence-corrected chi connectivity index (χ2v) is 14.6. The summed E-state index contributed by atoms with van der Waals surface area (Å²) in [5.41, 5.74) is 0.980. The summed E-state index contributed by atoms with van der Waals surface area (Å²) in [6, 6.07) is 11.0. The fraction of sp³-hybridized carbons (Fsp3) is 0.758. The highest BCUT2D eigenvalue weighted by atomic mass is 35.5. The summed E-state index contributed by atoms with van der Waals surface area (Å²) in [6.07, 6.45) is 5.08. The van der Waals surface area contributed by atoms with E-state index in [9.17, 15) is 18.4 Å². The van der Waals surface area contributed by atoms with Gasteiger partial charge in [-0.1, -0.05) is 37.3 Å². The van der Waals surface area contributed by atoms with Crippen LogP contribution in [-0.2, 0) is 9.53 Å². The predicted octanol–water partition coefficient (Wildman–Crippen LogP) is 6.03. The predicted molar refractivity (Wildman–Crippen MR) is 164 cm³/mol. The second kappa shape index (κ2) is 12.4. The van der Waals surface area contributed by atoms with Crippen molar-refractivity contribution in [2.75, 3.05) is 32.8 Å². The van der Waals surface area contributed by atoms with Crippen LogP contribution in [0.15, 0.2) is 30.3 Å². The number of carbonyl (C=O) groups excluding carboxylic acids is 2. The van der Waals surface area contributed by atoms with Crippen molar-refractivity contribution in [2.45, 2.75) is 114 Å². The summed E-state index contributed by atoms with van der Waals surface area (Å²) in [4.78, 5) is 33.9. The van der Waals surface area contributed by atoms with Gasteiger partial charge in [0.25, 0.3) is 0 Å². The first-order chi connectivity index (χ1) is 20.0. The zero-order valence-corrected chi connectivity index (χ0v) is 26.7. The Morgan fingerprint density at radius 2 is 1.67 bits per heavy atom. The van der Waals surface area contributed by atoms with E-state index in [1.165, 1.54) is 0 Å². The van der Waals surface area contributed by atoms with Gasteiger partial charge in [0.2, 0.25) is 11.8 Å². The van der Waals surface area contributed by atoms with Crippen LogP contribution in [0, 0.1) is 11.3 Å². The number of carbonyl (C=O) groups is 2. The molecular formula is C33H49ClF2N4O3. The lowest BCUT2D eigenvalue weighted by Gasteiger charge is -2.49. The SMILES string of the molecule is CC(C)N1C(=O)N(CC2(C)COC2)CC12CC1CCC(C2)N1CC[C@H](NC(=O)C1CCC(F)(F)CC1)c1ccccc1.Cl. The van der Waals surface area contributed by atoms with Gasteiger partial charge in [0.1, 0.15) is 0 Å². The molecule has 6 rings (SSSR count). The molecule has 0 aromatic heterocycles. The van der Waals surface area contributed by atoms with E-state index in [2.05, 4.69) is 40.8 Å². The van der Waals surface area contributed by atoms with Gasteiger partial charge in [0.05, 0.1) is 24.8 Å². The molecule has 1 aliphatic carbocycles. The standard InChI is InChI=1S/C33H48F2N4O3.ClH/c1-23(2)39-30(41)37(19-31(3)21-42-22-31)20-32(39)17-26-9-10-27(18-32)38(26)16-13-28(24-7-5-4-6-8-24)36-29(40)25-11-14-33(34,35)15-12-25;/h4-8,23,25-28H,9-22H2,1-3H3,(H,36,40);1H/t26?,27?,28-,32?;/m0./s1. The second-order valence-electron chi connectivity index (χ2n) is 14.6. The lowest BCUT2D eigenvalue weighted by molar-refractivity contribution is -0.130. The van der Waals surface area contributed by atoms with Crippen LogP contribution in [0.1, 0.15) is 90.2 Å². The molecule has 5 fully saturated rings. The summed E-state index contributed by atoms with van der Waals surface area (Å²) in [5, 5.41) is 3.25. The van der Waals surface area contributed by atoms with E-state index >= 15 is 0 Å². The van der Waals surface area contributed by atoms with Crippen molar-refractivity contribution in [3.63, 3.8) is 0 Å². The van der Waals surface area contributed by atoms with Crippen LogP contribution < -0.4 is 5.32 Å². The number of piperidine rings is 1. The Hall–Kier alpha value is -1.97. The first-order valence-electron chi connectivity index (χ1n) is 16.1. The Bertz CT molecular complexity index is 1130. The molecule has 4 aliphatic heterocycles. The van der Waals surface area contributed by atoms with Gasteiger partial charge in [-0.2, -0.15) is 0 Å². The van der Waals surface area contributed by atoms with E-state index in [1.54, 1.807) is 0 Å². The molecule has 2 bridgehead atoms. The van der Waals surface area contributed by atoms with E-state index in [4.69, 9.17) is 4.74 Å². The Morgan fingerprint density at radius 3 is 2.23 bits per heavy atom. The average Bonchev–Trinajstić information content (AvgIpc) is 3.33. The molecule has 3 atom stereocenters. The van der Waals surface area contributed by atoms with Crippen LogP contribution in [0.5, 0.6) is 0 Å². The Balaban J connectivity index is 0.00000368. The first-order valence-corrected chi connectivity index (χ1v) is 16.1. The number of fused-ring (bicyclic) bond motifs is 2. The summed E-state index contributed by atoms with van der Waals surface area (Å²) in [6.45, 7) is 10.4. The van der Waals surface area contributed by atoms with E-state index in [1.807, 2.05) is 30.3 Å². The molecule has 1 N–H and O–H groups in total. The van der Waals surface area contributed by atoms with Crippen molar-refractivity contribution in [1.82, 2.24) is 20.0 Å².